The molecule has 0 atom stereocenters. The Morgan fingerprint density at radius 3 is 1.95 bits per heavy atom. The zero-order valence-corrected chi connectivity index (χ0v) is 14.7. The van der Waals surface area contributed by atoms with E-state index >= 15 is 0 Å². The monoisotopic (exact) mass is 324 g/mol. The fourth-order valence-electron chi connectivity index (χ4n) is 1.53. The average Bonchev–Trinajstić information content (AvgIpc) is 2.37. The van der Waals surface area contributed by atoms with Gasteiger partial charge in [-0.15, -0.1) is 5.46 Å². The van der Waals surface area contributed by atoms with Gasteiger partial charge in [-0.3, -0.25) is 0 Å². The molecule has 0 aliphatic rings. The maximum Gasteiger partial charge on any atom is 1.00 e. The first-order chi connectivity index (χ1) is 8.95. The first-order valence-corrected chi connectivity index (χ1v) is 6.00. The number of ether oxygens (including phenoxy) is 1. The van der Waals surface area contributed by atoms with Gasteiger partial charge in [0.15, 0.2) is 0 Å². The summed E-state index contributed by atoms with van der Waals surface area (Å²) in [6.07, 6.45) is 0. The Morgan fingerprint density at radius 1 is 0.900 bits per heavy atom. The van der Waals surface area contributed by atoms with E-state index < -0.39 is 12.4 Å². The van der Waals surface area contributed by atoms with Crippen molar-refractivity contribution in [3.05, 3.63) is 59.1 Å². The van der Waals surface area contributed by atoms with Gasteiger partial charge in [0.05, 0.1) is 0 Å². The van der Waals surface area contributed by atoms with Crippen molar-refractivity contribution in [2.75, 3.05) is 0 Å². The zero-order valence-electron chi connectivity index (χ0n) is 10.8. The van der Waals surface area contributed by atoms with Crippen LogP contribution in [-0.4, -0.2) is 6.98 Å². The molecule has 0 bridgehead atoms. The summed E-state index contributed by atoms with van der Waals surface area (Å²) in [6.45, 7) is -4.67. The number of hydrogen-bond donors (Lipinski definition) is 0. The van der Waals surface area contributed by atoms with Gasteiger partial charge < -0.3 is 17.7 Å². The van der Waals surface area contributed by atoms with Crippen LogP contribution in [0.1, 0.15) is 5.56 Å². The van der Waals surface area contributed by atoms with E-state index in [4.69, 9.17) is 16.3 Å². The van der Waals surface area contributed by atoms with E-state index in [1.165, 1.54) is 12.1 Å². The van der Waals surface area contributed by atoms with Crippen LogP contribution >= 0.6 is 11.6 Å². The second-order valence-corrected chi connectivity index (χ2v) is 4.50. The zero-order chi connectivity index (χ0) is 13.9. The first kappa shape index (κ1) is 18.1. The van der Waals surface area contributed by atoms with Gasteiger partial charge in [0, 0.05) is 5.02 Å². The summed E-state index contributed by atoms with van der Waals surface area (Å²) >= 11 is 5.74. The van der Waals surface area contributed by atoms with Gasteiger partial charge in [0.2, 0.25) is 0 Å². The summed E-state index contributed by atoms with van der Waals surface area (Å²) in [5, 5.41) is 0.625. The Hall–Kier alpha value is 0.0213. The van der Waals surface area contributed by atoms with Gasteiger partial charge in [-0.05, 0) is 29.8 Å². The van der Waals surface area contributed by atoms with E-state index in [-0.39, 0.29) is 58.0 Å². The van der Waals surface area contributed by atoms with Gasteiger partial charge in [-0.25, -0.2) is 0 Å². The molecular formula is C13H10BClF3KO. The molecule has 0 saturated heterocycles. The molecule has 0 unspecified atom stereocenters. The predicted molar refractivity (Wildman–Crippen MR) is 70.9 cm³/mol. The van der Waals surface area contributed by atoms with E-state index in [0.29, 0.717) is 10.8 Å². The van der Waals surface area contributed by atoms with Gasteiger partial charge in [-0.1, -0.05) is 35.9 Å². The molecule has 100 valence electrons. The van der Waals surface area contributed by atoms with E-state index in [2.05, 4.69) is 0 Å². The van der Waals surface area contributed by atoms with Gasteiger partial charge in [0.25, 0.3) is 0 Å². The fourth-order valence-corrected chi connectivity index (χ4v) is 1.66. The molecule has 7 heteroatoms. The van der Waals surface area contributed by atoms with Crippen LogP contribution in [0.15, 0.2) is 48.5 Å². The van der Waals surface area contributed by atoms with Crippen molar-refractivity contribution in [1.29, 1.82) is 0 Å². The molecule has 0 aliphatic carbocycles. The smallest absolute Gasteiger partial charge is 0.489 e. The molecular weight excluding hydrogens is 314 g/mol. The Bertz CT molecular complexity index is 543. The summed E-state index contributed by atoms with van der Waals surface area (Å²) in [4.78, 5) is 0. The van der Waals surface area contributed by atoms with Gasteiger partial charge in [-0.2, -0.15) is 0 Å². The van der Waals surface area contributed by atoms with Crippen LogP contribution in [0.4, 0.5) is 12.9 Å². The molecule has 0 aliphatic heterocycles. The molecule has 0 spiro atoms. The summed E-state index contributed by atoms with van der Waals surface area (Å²) in [7, 11) is 0. The number of benzene rings is 2. The van der Waals surface area contributed by atoms with Gasteiger partial charge in [0.1, 0.15) is 12.4 Å². The third-order valence-electron chi connectivity index (χ3n) is 2.58. The standard InChI is InChI=1S/C13H10BClF3O.K/c15-12-5-1-10(2-6-12)9-19-13-7-3-11(4-8-13)14(16,17)18;/h1-8H,9H2;/q-1;+1. The number of halogens is 4. The normalized spacial score (nSPS) is 10.8. The van der Waals surface area contributed by atoms with E-state index in [9.17, 15) is 12.9 Å². The van der Waals surface area contributed by atoms with Crippen LogP contribution in [0.5, 0.6) is 5.75 Å². The number of hydrogen-bond acceptors (Lipinski definition) is 1. The van der Waals surface area contributed by atoms with Gasteiger partial charge >= 0.3 is 58.4 Å². The van der Waals surface area contributed by atoms with Crippen molar-refractivity contribution >= 4 is 24.0 Å². The molecule has 2 rings (SSSR count). The third-order valence-corrected chi connectivity index (χ3v) is 2.83. The molecule has 2 aromatic rings. The summed E-state index contributed by atoms with van der Waals surface area (Å²) in [5.74, 6) is 0.402. The van der Waals surface area contributed by atoms with Crippen LogP contribution in [0, 0.1) is 0 Å². The van der Waals surface area contributed by atoms with Crippen molar-refractivity contribution in [3.8, 4) is 5.75 Å². The second kappa shape index (κ2) is 7.87. The Morgan fingerprint density at radius 2 is 1.45 bits per heavy atom. The van der Waals surface area contributed by atoms with Crippen LogP contribution in [-0.2, 0) is 6.61 Å². The van der Waals surface area contributed by atoms with Crippen molar-refractivity contribution in [2.45, 2.75) is 6.61 Å². The minimum atomic E-state index is -4.95. The molecule has 1 nitrogen and oxygen atoms in total. The molecule has 0 saturated carbocycles. The van der Waals surface area contributed by atoms with E-state index in [1.807, 2.05) is 0 Å². The Kier molecular flexibility index (Phi) is 7.11. The third kappa shape index (κ3) is 5.43. The molecule has 0 aromatic heterocycles. The molecule has 0 radical (unpaired) electrons. The predicted octanol–water partition coefficient (Wildman–Crippen LogP) is 0.977. The van der Waals surface area contributed by atoms with Crippen LogP contribution < -0.4 is 61.6 Å². The first-order valence-electron chi connectivity index (χ1n) is 5.62. The quantitative estimate of drug-likeness (QED) is 0.762. The Balaban J connectivity index is 0.00000200. The van der Waals surface area contributed by atoms with E-state index in [0.717, 1.165) is 17.7 Å². The van der Waals surface area contributed by atoms with Crippen molar-refractivity contribution in [2.24, 2.45) is 0 Å². The summed E-state index contributed by atoms with van der Waals surface area (Å²) in [6, 6.07) is 11.8. The molecule has 0 N–H and O–H groups in total. The average molecular weight is 325 g/mol. The molecule has 20 heavy (non-hydrogen) atoms. The minimum Gasteiger partial charge on any atom is -0.489 e. The van der Waals surface area contributed by atoms with Crippen molar-refractivity contribution < 1.29 is 69.1 Å². The van der Waals surface area contributed by atoms with Crippen LogP contribution in [0.2, 0.25) is 5.02 Å². The maximum absolute atomic E-state index is 12.4. The fraction of sp³-hybridized carbons (Fsp3) is 0.0769. The minimum absolute atomic E-state index is 0. The topological polar surface area (TPSA) is 9.23 Å². The van der Waals surface area contributed by atoms with Crippen molar-refractivity contribution in [1.82, 2.24) is 0 Å². The summed E-state index contributed by atoms with van der Waals surface area (Å²) in [5.41, 5.74) is 0.271. The second-order valence-electron chi connectivity index (χ2n) is 4.06. The SMILES string of the molecule is F[B-](F)(F)c1ccc(OCc2ccc(Cl)cc2)cc1.[K+]. The molecule has 2 aromatic carbocycles. The molecule has 0 heterocycles. The van der Waals surface area contributed by atoms with Crippen molar-refractivity contribution in [3.63, 3.8) is 0 Å². The molecule has 0 fully saturated rings. The maximum atomic E-state index is 12.4. The van der Waals surface area contributed by atoms with E-state index in [1.54, 1.807) is 24.3 Å². The molecule has 0 amide bonds. The largest absolute Gasteiger partial charge is 1.00 e. The van der Waals surface area contributed by atoms with Crippen LogP contribution in [0.25, 0.3) is 0 Å². The van der Waals surface area contributed by atoms with Crippen LogP contribution in [0.3, 0.4) is 0 Å². The number of rotatable bonds is 4. The summed E-state index contributed by atoms with van der Waals surface area (Å²) < 4.78 is 42.6. The Labute approximate surface area is 162 Å².